The molecule has 2 aromatic heterocycles. The van der Waals surface area contributed by atoms with Gasteiger partial charge in [0.15, 0.2) is 0 Å². The van der Waals surface area contributed by atoms with Crippen LogP contribution in [0.4, 0.5) is 15.9 Å². The van der Waals surface area contributed by atoms with Gasteiger partial charge in [0.2, 0.25) is 0 Å². The molecule has 4 heterocycles. The maximum atomic E-state index is 14.1. The van der Waals surface area contributed by atoms with E-state index < -0.39 is 0 Å². The highest BCUT2D eigenvalue weighted by atomic mass is 32.1. The Kier molecular flexibility index (Phi) is 7.93. The summed E-state index contributed by atoms with van der Waals surface area (Å²) in [5, 5.41) is 7.13. The summed E-state index contributed by atoms with van der Waals surface area (Å²) in [6.45, 7) is 7.09. The maximum absolute atomic E-state index is 14.1. The largest absolute Gasteiger partial charge is 0.486 e. The molecule has 0 spiro atoms. The van der Waals surface area contributed by atoms with Crippen molar-refractivity contribution < 1.29 is 18.7 Å². The number of thiophene rings is 1. The van der Waals surface area contributed by atoms with Gasteiger partial charge in [-0.3, -0.25) is 4.79 Å². The van der Waals surface area contributed by atoms with Gasteiger partial charge >= 0.3 is 0 Å². The van der Waals surface area contributed by atoms with Gasteiger partial charge in [0, 0.05) is 19.2 Å². The van der Waals surface area contributed by atoms with Crippen LogP contribution >= 0.6 is 11.3 Å². The molecule has 1 atom stereocenters. The summed E-state index contributed by atoms with van der Waals surface area (Å²) < 4.78 is 25.6. The first-order valence-corrected chi connectivity index (χ1v) is 13.5. The average molecular weight is 514 g/mol. The Labute approximate surface area is 214 Å². The summed E-state index contributed by atoms with van der Waals surface area (Å²) in [7, 11) is 0. The van der Waals surface area contributed by atoms with Crippen molar-refractivity contribution in [2.75, 3.05) is 44.7 Å². The first kappa shape index (κ1) is 24.9. The highest BCUT2D eigenvalue weighted by molar-refractivity contribution is 7.20. The van der Waals surface area contributed by atoms with Crippen LogP contribution in [0.25, 0.3) is 10.2 Å². The first-order chi connectivity index (χ1) is 17.6. The molecule has 0 aliphatic carbocycles. The Hall–Kier alpha value is -2.82. The molecule has 36 heavy (non-hydrogen) atoms. The minimum Gasteiger partial charge on any atom is -0.486 e. The van der Waals surface area contributed by atoms with E-state index in [2.05, 4.69) is 25.5 Å². The molecule has 0 bridgehead atoms. The first-order valence-electron chi connectivity index (χ1n) is 12.6. The number of ether oxygens (including phenoxy) is 2. The molecule has 192 valence electrons. The van der Waals surface area contributed by atoms with E-state index in [0.717, 1.165) is 61.3 Å². The number of amides is 1. The lowest BCUT2D eigenvalue weighted by molar-refractivity contribution is 0.00763. The zero-order valence-electron chi connectivity index (χ0n) is 20.5. The number of carbonyl (C=O) groups excluding carboxylic acids is 1. The Morgan fingerprint density at radius 2 is 2.14 bits per heavy atom. The average Bonchev–Trinajstić information content (AvgIpc) is 3.52. The Morgan fingerprint density at radius 3 is 2.94 bits per heavy atom. The van der Waals surface area contributed by atoms with Crippen molar-refractivity contribution in [3.63, 3.8) is 0 Å². The fraction of sp³-hybridized carbons (Fsp3) is 0.500. The number of halogens is 1. The number of carbonyl (C=O) groups is 1. The van der Waals surface area contributed by atoms with Crippen molar-refractivity contribution in [2.45, 2.75) is 45.1 Å². The van der Waals surface area contributed by atoms with Gasteiger partial charge in [0.25, 0.3) is 5.91 Å². The Morgan fingerprint density at radius 1 is 1.28 bits per heavy atom. The number of nitrogens with one attached hydrogen (secondary N) is 2. The van der Waals surface area contributed by atoms with Gasteiger partial charge in [0.05, 0.1) is 22.6 Å². The maximum Gasteiger partial charge on any atom is 0.261 e. The van der Waals surface area contributed by atoms with Crippen LogP contribution in [0.5, 0.6) is 5.75 Å². The third-order valence-corrected chi connectivity index (χ3v) is 7.88. The summed E-state index contributed by atoms with van der Waals surface area (Å²) in [5.41, 5.74) is 1.42. The molecule has 0 saturated carbocycles. The SMILES string of the molecule is Cc1c(C(=O)NCCCN2CCCC2)sc2ncnc(Nc3ccc(F)cc3OC3CCCOC3)c12. The van der Waals surface area contributed by atoms with Crippen molar-refractivity contribution in [3.8, 4) is 5.75 Å². The second kappa shape index (κ2) is 11.5. The number of aryl methyl sites for hydroxylation is 1. The third kappa shape index (κ3) is 5.77. The van der Waals surface area contributed by atoms with Crippen molar-refractivity contribution in [3.05, 3.63) is 40.8 Å². The van der Waals surface area contributed by atoms with Crippen molar-refractivity contribution in [1.82, 2.24) is 20.2 Å². The van der Waals surface area contributed by atoms with E-state index in [1.807, 2.05) is 6.92 Å². The summed E-state index contributed by atoms with van der Waals surface area (Å²) >= 11 is 1.35. The lowest BCUT2D eigenvalue weighted by Gasteiger charge is -2.24. The van der Waals surface area contributed by atoms with E-state index >= 15 is 0 Å². The van der Waals surface area contributed by atoms with Gasteiger partial charge in [-0.05, 0) is 76.4 Å². The quantitative estimate of drug-likeness (QED) is 0.403. The Bertz CT molecular complexity index is 1210. The number of nitrogens with zero attached hydrogens (tertiary/aromatic N) is 3. The van der Waals surface area contributed by atoms with E-state index in [1.165, 1.54) is 42.6 Å². The predicted molar refractivity (Wildman–Crippen MR) is 139 cm³/mol. The molecule has 1 aromatic carbocycles. The molecule has 1 amide bonds. The van der Waals surface area contributed by atoms with Crippen molar-refractivity contribution >= 4 is 39.0 Å². The standard InChI is InChI=1S/C26H32FN5O3S/c1-17-22-24(31-20-8-7-18(27)14-21(20)35-19-6-4-13-34-15-19)29-16-30-26(22)36-23(17)25(33)28-9-5-12-32-10-2-3-11-32/h7-8,14,16,19H,2-6,9-13,15H2,1H3,(H,28,33)(H,29,30,31). The van der Waals surface area contributed by atoms with Gasteiger partial charge < -0.3 is 25.0 Å². The summed E-state index contributed by atoms with van der Waals surface area (Å²) in [6, 6.07) is 4.39. The fourth-order valence-corrected chi connectivity index (χ4v) is 5.85. The molecule has 2 saturated heterocycles. The summed E-state index contributed by atoms with van der Waals surface area (Å²) in [4.78, 5) is 25.6. The minimum absolute atomic E-state index is 0.0917. The molecule has 3 aromatic rings. The number of benzene rings is 1. The molecule has 0 radical (unpaired) electrons. The second-order valence-corrected chi connectivity index (χ2v) is 10.3. The molecule has 1 unspecified atom stereocenters. The predicted octanol–water partition coefficient (Wildman–Crippen LogP) is 4.66. The topological polar surface area (TPSA) is 88.6 Å². The molecule has 2 fully saturated rings. The number of hydrogen-bond acceptors (Lipinski definition) is 8. The van der Waals surface area contributed by atoms with Gasteiger partial charge in [-0.1, -0.05) is 0 Å². The highest BCUT2D eigenvalue weighted by Crippen LogP contribution is 2.37. The van der Waals surface area contributed by atoms with Gasteiger partial charge in [-0.2, -0.15) is 0 Å². The lowest BCUT2D eigenvalue weighted by atomic mass is 10.1. The molecule has 8 nitrogen and oxygen atoms in total. The fourth-order valence-electron chi connectivity index (χ4n) is 4.78. The van der Waals surface area contributed by atoms with E-state index in [1.54, 1.807) is 6.07 Å². The zero-order chi connectivity index (χ0) is 24.9. The molecule has 2 aliphatic heterocycles. The van der Waals surface area contributed by atoms with Crippen molar-refractivity contribution in [2.24, 2.45) is 0 Å². The van der Waals surface area contributed by atoms with Crippen LogP contribution in [-0.4, -0.2) is 66.3 Å². The summed E-state index contributed by atoms with van der Waals surface area (Å²) in [5.74, 6) is 0.487. The normalized spacial score (nSPS) is 18.4. The number of likely N-dealkylation sites (tertiary alicyclic amines) is 1. The van der Waals surface area contributed by atoms with Crippen LogP contribution in [0.3, 0.4) is 0 Å². The monoisotopic (exact) mass is 513 g/mol. The second-order valence-electron chi connectivity index (χ2n) is 9.34. The van der Waals surface area contributed by atoms with E-state index in [4.69, 9.17) is 9.47 Å². The number of hydrogen-bond donors (Lipinski definition) is 2. The zero-order valence-corrected chi connectivity index (χ0v) is 21.3. The molecular formula is C26H32FN5O3S. The van der Waals surface area contributed by atoms with E-state index in [-0.39, 0.29) is 17.8 Å². The Balaban J connectivity index is 1.31. The van der Waals surface area contributed by atoms with Gasteiger partial charge in [0.1, 0.15) is 34.6 Å². The van der Waals surface area contributed by atoms with Crippen LogP contribution in [0, 0.1) is 12.7 Å². The number of anilines is 2. The smallest absolute Gasteiger partial charge is 0.261 e. The third-order valence-electron chi connectivity index (χ3n) is 6.68. The molecule has 2 aliphatic rings. The van der Waals surface area contributed by atoms with Crippen LogP contribution in [0.1, 0.15) is 47.3 Å². The van der Waals surface area contributed by atoms with E-state index in [0.29, 0.717) is 35.3 Å². The minimum atomic E-state index is -0.379. The molecular weight excluding hydrogens is 481 g/mol. The van der Waals surface area contributed by atoms with Gasteiger partial charge in [-0.15, -0.1) is 11.3 Å². The number of rotatable bonds is 9. The van der Waals surface area contributed by atoms with Crippen LogP contribution in [0.2, 0.25) is 0 Å². The van der Waals surface area contributed by atoms with Crippen LogP contribution in [0.15, 0.2) is 24.5 Å². The van der Waals surface area contributed by atoms with Crippen LogP contribution < -0.4 is 15.4 Å². The van der Waals surface area contributed by atoms with Crippen LogP contribution in [-0.2, 0) is 4.74 Å². The summed E-state index contributed by atoms with van der Waals surface area (Å²) in [6.07, 6.45) is 6.57. The van der Waals surface area contributed by atoms with Gasteiger partial charge in [-0.25, -0.2) is 14.4 Å². The van der Waals surface area contributed by atoms with Crippen molar-refractivity contribution in [1.29, 1.82) is 0 Å². The molecule has 10 heteroatoms. The molecule has 5 rings (SSSR count). The number of fused-ring (bicyclic) bond motifs is 1. The number of aromatic nitrogens is 2. The highest BCUT2D eigenvalue weighted by Gasteiger charge is 2.22. The van der Waals surface area contributed by atoms with E-state index in [9.17, 15) is 9.18 Å². The lowest BCUT2D eigenvalue weighted by Crippen LogP contribution is -2.28. The molecule has 2 N–H and O–H groups in total.